The van der Waals surface area contributed by atoms with E-state index in [1.165, 1.54) is 24.9 Å². The van der Waals surface area contributed by atoms with Gasteiger partial charge in [-0.15, -0.1) is 4.91 Å². The smallest absolute Gasteiger partial charge is 0.0390 e. The van der Waals surface area contributed by atoms with Crippen molar-refractivity contribution < 1.29 is 4.28 Å². The van der Waals surface area contributed by atoms with Crippen molar-refractivity contribution in [3.05, 3.63) is 4.91 Å². The van der Waals surface area contributed by atoms with Crippen molar-refractivity contribution in [2.75, 3.05) is 0 Å². The Bertz CT molecular complexity index is 223. The van der Waals surface area contributed by atoms with Crippen LogP contribution in [0.4, 0.5) is 0 Å². The van der Waals surface area contributed by atoms with Crippen molar-refractivity contribution in [2.24, 2.45) is 15.9 Å². The van der Waals surface area contributed by atoms with Gasteiger partial charge in [0.1, 0.15) is 0 Å². The molecule has 0 aliphatic heterocycles. The Labute approximate surface area is 119 Å². The molecule has 0 aromatic rings. The fourth-order valence-electron chi connectivity index (χ4n) is 1.74. The Morgan fingerprint density at radius 1 is 1.33 bits per heavy atom. The summed E-state index contributed by atoms with van der Waals surface area (Å²) in [6, 6.07) is 0. The lowest BCUT2D eigenvalue weighted by Crippen LogP contribution is -2.27. The quantitative estimate of drug-likeness (QED) is 0.208. The molecule has 4 nitrogen and oxygen atoms in total. The largest absolute Gasteiger partial charge is 0.234 e. The second-order valence-corrected chi connectivity index (χ2v) is 7.56. The summed E-state index contributed by atoms with van der Waals surface area (Å²) in [6.07, 6.45) is 5.47. The minimum Gasteiger partial charge on any atom is -0.234 e. The van der Waals surface area contributed by atoms with Crippen LogP contribution >= 0.6 is 24.0 Å². The van der Waals surface area contributed by atoms with Crippen LogP contribution in [0.25, 0.3) is 0 Å². The molecule has 0 aromatic carbocycles. The Hall–Kier alpha value is 0.220. The van der Waals surface area contributed by atoms with Crippen LogP contribution in [-0.4, -0.2) is 10.5 Å². The Morgan fingerprint density at radius 2 is 2.00 bits per heavy atom. The van der Waals surface area contributed by atoms with Crippen LogP contribution in [0.2, 0.25) is 0 Å². The van der Waals surface area contributed by atoms with Gasteiger partial charge in [-0.25, -0.2) is 10.2 Å². The van der Waals surface area contributed by atoms with E-state index in [2.05, 4.69) is 32.3 Å². The molecule has 0 aliphatic rings. The van der Waals surface area contributed by atoms with Gasteiger partial charge in [0.2, 0.25) is 0 Å². The minimum atomic E-state index is 0.0937. The number of hydrogen-bond donors (Lipinski definition) is 1. The lowest BCUT2D eigenvalue weighted by Gasteiger charge is -2.30. The van der Waals surface area contributed by atoms with E-state index in [0.717, 1.165) is 31.2 Å². The third-order valence-corrected chi connectivity index (χ3v) is 4.99. The predicted molar refractivity (Wildman–Crippen MR) is 82.0 cm³/mol. The van der Waals surface area contributed by atoms with E-state index in [9.17, 15) is 4.91 Å². The monoisotopic (exact) mass is 294 g/mol. The number of hydrogen-bond acceptors (Lipinski definition) is 6. The summed E-state index contributed by atoms with van der Waals surface area (Å²) in [5.74, 6) is 5.17. The van der Waals surface area contributed by atoms with Crippen LogP contribution in [0.15, 0.2) is 4.58 Å². The highest BCUT2D eigenvalue weighted by Crippen LogP contribution is 2.37. The predicted octanol–water partition coefficient (Wildman–Crippen LogP) is 4.69. The van der Waals surface area contributed by atoms with E-state index in [1.54, 1.807) is 0 Å². The molecule has 0 fully saturated rings. The molecule has 0 rings (SSSR count). The zero-order valence-electron chi connectivity index (χ0n) is 11.8. The molecule has 0 aromatic heterocycles. The molecule has 2 atom stereocenters. The molecule has 2 unspecified atom stereocenters. The van der Waals surface area contributed by atoms with Gasteiger partial charge in [-0.05, 0) is 18.3 Å². The molecule has 0 heterocycles. The third-order valence-electron chi connectivity index (χ3n) is 2.94. The molecule has 2 N–H and O–H groups in total. The van der Waals surface area contributed by atoms with Gasteiger partial charge in [0.25, 0.3) is 0 Å². The van der Waals surface area contributed by atoms with Crippen molar-refractivity contribution in [2.45, 2.75) is 70.3 Å². The highest BCUT2D eigenvalue weighted by atomic mass is 32.2. The Kier molecular flexibility index (Phi) is 10.2. The molecule has 0 spiro atoms. The first kappa shape index (κ1) is 18.2. The van der Waals surface area contributed by atoms with Gasteiger partial charge in [-0.2, -0.15) is 0 Å². The average molecular weight is 294 g/mol. The summed E-state index contributed by atoms with van der Waals surface area (Å²) < 4.78 is 7.73. The summed E-state index contributed by atoms with van der Waals surface area (Å²) in [4.78, 5) is 10.5. The maximum atomic E-state index is 10.5. The number of nitroso groups, excluding NO2 is 1. The molecule has 0 saturated heterocycles. The van der Waals surface area contributed by atoms with E-state index in [4.69, 9.17) is 10.2 Å². The normalized spacial score (nSPS) is 15.4. The second-order valence-electron chi connectivity index (χ2n) is 5.58. The highest BCUT2D eigenvalue weighted by molar-refractivity contribution is 7.98. The van der Waals surface area contributed by atoms with Gasteiger partial charge < -0.3 is 0 Å². The van der Waals surface area contributed by atoms with Crippen LogP contribution in [0.5, 0.6) is 0 Å². The Morgan fingerprint density at radius 3 is 2.44 bits per heavy atom. The fourth-order valence-corrected chi connectivity index (χ4v) is 3.27. The molecule has 108 valence electrons. The molecule has 0 aliphatic carbocycles. The molecular weight excluding hydrogens is 268 g/mol. The van der Waals surface area contributed by atoms with Gasteiger partial charge in [0.05, 0.1) is 0 Å². The molecular formula is C12H26N2O2S2. The first-order valence-corrected chi connectivity index (χ1v) is 8.10. The van der Waals surface area contributed by atoms with E-state index in [0.29, 0.717) is 0 Å². The first-order chi connectivity index (χ1) is 8.45. The summed E-state index contributed by atoms with van der Waals surface area (Å²) in [5.41, 5.74) is 0.0937. The number of unbranched alkanes of at least 4 members (excludes halogenated alkanes) is 2. The lowest BCUT2D eigenvalue weighted by atomic mass is 9.88. The number of rotatable bonds is 10. The highest BCUT2D eigenvalue weighted by Gasteiger charge is 2.29. The minimum absolute atomic E-state index is 0.0937. The third kappa shape index (κ3) is 8.34. The van der Waals surface area contributed by atoms with Crippen molar-refractivity contribution in [1.82, 2.24) is 0 Å². The molecule has 0 saturated carbocycles. The maximum absolute atomic E-state index is 10.5. The van der Waals surface area contributed by atoms with Gasteiger partial charge in [-0.1, -0.05) is 47.0 Å². The topological polar surface area (TPSA) is 64.7 Å². The van der Waals surface area contributed by atoms with E-state index in [1.807, 2.05) is 0 Å². The summed E-state index contributed by atoms with van der Waals surface area (Å²) in [7, 11) is 0. The van der Waals surface area contributed by atoms with E-state index < -0.39 is 0 Å². The number of nitrogens with zero attached hydrogens (tertiary/aromatic N) is 1. The van der Waals surface area contributed by atoms with Gasteiger partial charge in [0.15, 0.2) is 0 Å². The van der Waals surface area contributed by atoms with Crippen LogP contribution in [0.1, 0.15) is 59.8 Å². The molecule has 0 bridgehead atoms. The molecule has 18 heavy (non-hydrogen) atoms. The zero-order valence-corrected chi connectivity index (χ0v) is 13.5. The standard InChI is InChI=1S/C12H26N2O2S2/c1-5-6-7-8-10(17-14-15)9-11(18-16-13)12(2,3)4/h10-11H,5-9,13H2,1-4H3. The van der Waals surface area contributed by atoms with Gasteiger partial charge in [-0.3, -0.25) is 0 Å². The molecule has 0 amide bonds. The van der Waals surface area contributed by atoms with Crippen LogP contribution in [0.3, 0.4) is 0 Å². The zero-order chi connectivity index (χ0) is 14.0. The SMILES string of the molecule is CCCCCC(CC(SON)C(C)(C)C)SN=O. The second kappa shape index (κ2) is 10.1. The van der Waals surface area contributed by atoms with Gasteiger partial charge >= 0.3 is 0 Å². The Balaban J connectivity index is 4.35. The summed E-state index contributed by atoms with van der Waals surface area (Å²) >= 11 is 2.45. The fraction of sp³-hybridized carbons (Fsp3) is 1.00. The van der Waals surface area contributed by atoms with Crippen LogP contribution < -0.4 is 5.90 Å². The molecule has 6 heteroatoms. The molecule has 0 radical (unpaired) electrons. The van der Waals surface area contributed by atoms with Gasteiger partial charge in [0, 0.05) is 39.1 Å². The average Bonchev–Trinajstić information content (AvgIpc) is 2.27. The number of nitrogens with two attached hydrogens (primary N) is 1. The first-order valence-electron chi connectivity index (χ1n) is 6.46. The van der Waals surface area contributed by atoms with Crippen LogP contribution in [-0.2, 0) is 4.28 Å². The summed E-state index contributed by atoms with van der Waals surface area (Å²) in [5, 5.41) is 0.532. The lowest BCUT2D eigenvalue weighted by molar-refractivity contribution is 0.337. The van der Waals surface area contributed by atoms with E-state index >= 15 is 0 Å². The van der Waals surface area contributed by atoms with Crippen LogP contribution in [0, 0.1) is 10.3 Å². The van der Waals surface area contributed by atoms with Crippen molar-refractivity contribution in [3.63, 3.8) is 0 Å². The van der Waals surface area contributed by atoms with Crippen molar-refractivity contribution in [3.8, 4) is 0 Å². The van der Waals surface area contributed by atoms with Crippen molar-refractivity contribution in [1.29, 1.82) is 0 Å². The van der Waals surface area contributed by atoms with E-state index in [-0.39, 0.29) is 15.9 Å². The maximum Gasteiger partial charge on any atom is 0.0390 e. The van der Waals surface area contributed by atoms with Crippen molar-refractivity contribution >= 4 is 24.0 Å². The summed E-state index contributed by atoms with van der Waals surface area (Å²) in [6.45, 7) is 8.65.